The van der Waals surface area contributed by atoms with Gasteiger partial charge in [0, 0.05) is 52.2 Å². The summed E-state index contributed by atoms with van der Waals surface area (Å²) in [6, 6.07) is 6.96. The number of halogens is 1. The van der Waals surface area contributed by atoms with Crippen LogP contribution in [0.5, 0.6) is 0 Å². The lowest BCUT2D eigenvalue weighted by atomic mass is 10.00. The van der Waals surface area contributed by atoms with E-state index < -0.39 is 0 Å². The van der Waals surface area contributed by atoms with Gasteiger partial charge in [-0.25, -0.2) is 4.39 Å². The van der Waals surface area contributed by atoms with Crippen molar-refractivity contribution < 1.29 is 9.18 Å². The van der Waals surface area contributed by atoms with E-state index >= 15 is 0 Å². The van der Waals surface area contributed by atoms with E-state index in [1.807, 2.05) is 17.0 Å². The molecule has 24 heavy (non-hydrogen) atoms. The summed E-state index contributed by atoms with van der Waals surface area (Å²) in [5.41, 5.74) is 0.690. The lowest BCUT2D eigenvalue weighted by Gasteiger charge is -2.36. The summed E-state index contributed by atoms with van der Waals surface area (Å²) in [5, 5.41) is 0. The Morgan fingerprint density at radius 2 is 1.92 bits per heavy atom. The van der Waals surface area contributed by atoms with Gasteiger partial charge in [-0.3, -0.25) is 9.69 Å². The molecule has 1 amide bonds. The number of carbonyl (C=O) groups excluding carboxylic acids is 1. The van der Waals surface area contributed by atoms with Crippen molar-refractivity contribution in [2.75, 3.05) is 50.7 Å². The van der Waals surface area contributed by atoms with Gasteiger partial charge in [-0.15, -0.1) is 0 Å². The van der Waals surface area contributed by atoms with E-state index in [1.165, 1.54) is 12.5 Å². The van der Waals surface area contributed by atoms with E-state index in [4.69, 9.17) is 0 Å². The van der Waals surface area contributed by atoms with Crippen molar-refractivity contribution in [2.24, 2.45) is 5.92 Å². The number of benzene rings is 1. The number of piperazine rings is 1. The average molecular weight is 333 g/mol. The molecule has 0 radical (unpaired) electrons. The van der Waals surface area contributed by atoms with Crippen LogP contribution in [-0.2, 0) is 4.79 Å². The molecule has 2 fully saturated rings. The van der Waals surface area contributed by atoms with Gasteiger partial charge in [0.2, 0.25) is 5.91 Å². The number of nitrogens with zero attached hydrogens (tertiary/aromatic N) is 3. The van der Waals surface area contributed by atoms with Gasteiger partial charge in [0.05, 0.1) is 5.69 Å². The van der Waals surface area contributed by atoms with E-state index in [0.29, 0.717) is 18.0 Å². The van der Waals surface area contributed by atoms with Crippen LogP contribution in [0.1, 0.15) is 26.2 Å². The van der Waals surface area contributed by atoms with Crippen LogP contribution in [0.4, 0.5) is 10.1 Å². The highest BCUT2D eigenvalue weighted by atomic mass is 19.1. The molecule has 2 aliphatic rings. The van der Waals surface area contributed by atoms with Gasteiger partial charge in [0.1, 0.15) is 5.82 Å². The number of anilines is 1. The number of hydrogen-bond donors (Lipinski definition) is 0. The first-order valence-corrected chi connectivity index (χ1v) is 9.13. The number of para-hydroxylation sites is 1. The highest BCUT2D eigenvalue weighted by Gasteiger charge is 2.23. The average Bonchev–Trinajstić information content (AvgIpc) is 2.61. The molecule has 1 aromatic carbocycles. The van der Waals surface area contributed by atoms with Crippen molar-refractivity contribution in [1.29, 1.82) is 0 Å². The third kappa shape index (κ3) is 4.26. The zero-order chi connectivity index (χ0) is 16.9. The first kappa shape index (κ1) is 17.2. The molecule has 0 aromatic heterocycles. The van der Waals surface area contributed by atoms with E-state index in [-0.39, 0.29) is 11.7 Å². The number of hydrogen-bond acceptors (Lipinski definition) is 3. The Morgan fingerprint density at radius 3 is 2.62 bits per heavy atom. The third-order valence-corrected chi connectivity index (χ3v) is 5.22. The van der Waals surface area contributed by atoms with E-state index in [9.17, 15) is 9.18 Å². The smallest absolute Gasteiger partial charge is 0.223 e. The molecule has 0 N–H and O–H groups in total. The molecule has 0 bridgehead atoms. The molecule has 5 heteroatoms. The number of amides is 1. The second-order valence-corrected chi connectivity index (χ2v) is 7.12. The van der Waals surface area contributed by atoms with Crippen LogP contribution in [0.15, 0.2) is 24.3 Å². The zero-order valence-corrected chi connectivity index (χ0v) is 14.6. The summed E-state index contributed by atoms with van der Waals surface area (Å²) < 4.78 is 13.9. The van der Waals surface area contributed by atoms with Crippen LogP contribution in [0.3, 0.4) is 0 Å². The van der Waals surface area contributed by atoms with Crippen molar-refractivity contribution in [1.82, 2.24) is 9.80 Å². The zero-order valence-electron chi connectivity index (χ0n) is 14.6. The fourth-order valence-electron chi connectivity index (χ4n) is 3.75. The normalized spacial score (nSPS) is 22.7. The maximum Gasteiger partial charge on any atom is 0.223 e. The number of likely N-dealkylation sites (tertiary alicyclic amines) is 1. The van der Waals surface area contributed by atoms with Gasteiger partial charge in [-0.1, -0.05) is 19.1 Å². The standard InChI is InChI=1S/C19H28FN3O/c1-16-5-4-9-23(15-16)19(24)8-10-21-11-13-22(14-12-21)18-7-3-2-6-17(18)20/h2-3,6-7,16H,4-5,8-15H2,1H3. The summed E-state index contributed by atoms with van der Waals surface area (Å²) in [5.74, 6) is 0.769. The summed E-state index contributed by atoms with van der Waals surface area (Å²) in [7, 11) is 0. The van der Waals surface area contributed by atoms with Crippen LogP contribution in [0.25, 0.3) is 0 Å². The summed E-state index contributed by atoms with van der Waals surface area (Å²) in [6.45, 7) is 8.28. The predicted octanol–water partition coefficient (Wildman–Crippen LogP) is 2.60. The summed E-state index contributed by atoms with van der Waals surface area (Å²) in [4.78, 5) is 18.8. The molecule has 1 atom stereocenters. The SMILES string of the molecule is CC1CCCN(C(=O)CCN2CCN(c3ccccc3F)CC2)C1. The van der Waals surface area contributed by atoms with Crippen LogP contribution in [0.2, 0.25) is 0 Å². The van der Waals surface area contributed by atoms with Gasteiger partial charge < -0.3 is 9.80 Å². The van der Waals surface area contributed by atoms with Crippen molar-refractivity contribution in [3.05, 3.63) is 30.1 Å². The second-order valence-electron chi connectivity index (χ2n) is 7.12. The maximum absolute atomic E-state index is 13.9. The molecule has 2 saturated heterocycles. The molecule has 0 spiro atoms. The molecular weight excluding hydrogens is 305 g/mol. The number of piperidine rings is 1. The Balaban J connectivity index is 1.42. The second kappa shape index (κ2) is 7.97. The fourth-order valence-corrected chi connectivity index (χ4v) is 3.75. The molecule has 3 rings (SSSR count). The molecule has 1 aromatic rings. The minimum Gasteiger partial charge on any atom is -0.367 e. The molecule has 2 aliphatic heterocycles. The Labute approximate surface area is 144 Å². The van der Waals surface area contributed by atoms with Crippen molar-refractivity contribution in [3.63, 3.8) is 0 Å². The highest BCUT2D eigenvalue weighted by Crippen LogP contribution is 2.20. The van der Waals surface area contributed by atoms with E-state index in [0.717, 1.165) is 52.2 Å². The van der Waals surface area contributed by atoms with Gasteiger partial charge in [-0.2, -0.15) is 0 Å². The van der Waals surface area contributed by atoms with Gasteiger partial charge in [0.15, 0.2) is 0 Å². The first-order chi connectivity index (χ1) is 11.6. The molecule has 0 aliphatic carbocycles. The topological polar surface area (TPSA) is 26.8 Å². The predicted molar refractivity (Wildman–Crippen MR) is 94.6 cm³/mol. The minimum atomic E-state index is -0.152. The van der Waals surface area contributed by atoms with Crippen molar-refractivity contribution in [2.45, 2.75) is 26.2 Å². The molecule has 0 saturated carbocycles. The molecule has 1 unspecified atom stereocenters. The number of carbonyl (C=O) groups is 1. The lowest BCUT2D eigenvalue weighted by Crippen LogP contribution is -2.48. The van der Waals surface area contributed by atoms with Crippen LogP contribution >= 0.6 is 0 Å². The van der Waals surface area contributed by atoms with Crippen molar-refractivity contribution in [3.8, 4) is 0 Å². The van der Waals surface area contributed by atoms with E-state index in [1.54, 1.807) is 6.07 Å². The molecular formula is C19H28FN3O. The molecule has 4 nitrogen and oxygen atoms in total. The van der Waals surface area contributed by atoms with Crippen LogP contribution in [-0.4, -0.2) is 61.5 Å². The summed E-state index contributed by atoms with van der Waals surface area (Å²) >= 11 is 0. The van der Waals surface area contributed by atoms with Crippen molar-refractivity contribution >= 4 is 11.6 Å². The van der Waals surface area contributed by atoms with Crippen LogP contribution in [0, 0.1) is 11.7 Å². The van der Waals surface area contributed by atoms with Gasteiger partial charge in [0.25, 0.3) is 0 Å². The van der Waals surface area contributed by atoms with Gasteiger partial charge >= 0.3 is 0 Å². The first-order valence-electron chi connectivity index (χ1n) is 9.13. The molecule has 2 heterocycles. The largest absolute Gasteiger partial charge is 0.367 e. The van der Waals surface area contributed by atoms with Crippen LogP contribution < -0.4 is 4.90 Å². The maximum atomic E-state index is 13.9. The van der Waals surface area contributed by atoms with Gasteiger partial charge in [-0.05, 0) is 30.9 Å². The quantitative estimate of drug-likeness (QED) is 0.847. The number of rotatable bonds is 4. The molecule has 132 valence electrons. The Hall–Kier alpha value is -1.62. The van der Waals surface area contributed by atoms with E-state index in [2.05, 4.69) is 16.7 Å². The third-order valence-electron chi connectivity index (χ3n) is 5.22. The minimum absolute atomic E-state index is 0.152. The Bertz CT molecular complexity index is 557. The Kier molecular flexibility index (Phi) is 5.72. The highest BCUT2D eigenvalue weighted by molar-refractivity contribution is 5.76. The summed E-state index contributed by atoms with van der Waals surface area (Å²) in [6.07, 6.45) is 2.97. The Morgan fingerprint density at radius 1 is 1.17 bits per heavy atom. The lowest BCUT2D eigenvalue weighted by molar-refractivity contribution is -0.133. The fraction of sp³-hybridized carbons (Fsp3) is 0.632. The monoisotopic (exact) mass is 333 g/mol.